The number of nitrogens with zero attached hydrogens (tertiary/aromatic N) is 1. The molecule has 3 nitrogen and oxygen atoms in total. The Labute approximate surface area is 96.5 Å². The van der Waals surface area contributed by atoms with Crippen LogP contribution < -0.4 is 0 Å². The summed E-state index contributed by atoms with van der Waals surface area (Å²) in [5.74, 6) is -0.151. The highest BCUT2D eigenvalue weighted by Crippen LogP contribution is 2.16. The van der Waals surface area contributed by atoms with Crippen LogP contribution in [0.25, 0.3) is 0 Å². The number of hydrogen-bond acceptors (Lipinski definition) is 3. The fourth-order valence-corrected chi connectivity index (χ4v) is 1.45. The first-order valence-corrected chi connectivity index (χ1v) is 5.34. The fourth-order valence-electron chi connectivity index (χ4n) is 1.21. The number of carbonyl (C=O) groups excluding carboxylic acids is 1. The normalized spacial score (nSPS) is 11.9. The van der Waals surface area contributed by atoms with Crippen LogP contribution in [0.5, 0.6) is 0 Å². The summed E-state index contributed by atoms with van der Waals surface area (Å²) in [5.41, 5.74) is 1.32. The Hall–Kier alpha value is -1.18. The maximum Gasteiger partial charge on any atom is 0.177 e. The summed E-state index contributed by atoms with van der Waals surface area (Å²) in [7, 11) is 0. The number of alkyl halides is 1. The van der Waals surface area contributed by atoms with Crippen molar-refractivity contribution in [1.82, 2.24) is 0 Å². The zero-order chi connectivity index (χ0) is 11.4. The number of rotatable bonds is 3. The molecule has 0 fully saturated rings. The van der Waals surface area contributed by atoms with Crippen LogP contribution in [-0.4, -0.2) is 15.7 Å². The van der Waals surface area contributed by atoms with Gasteiger partial charge in [-0.05, 0) is 24.6 Å². The summed E-state index contributed by atoms with van der Waals surface area (Å²) < 4.78 is 0. The molecule has 1 N–H and O–H groups in total. The van der Waals surface area contributed by atoms with E-state index in [1.807, 2.05) is 6.07 Å². The minimum Gasteiger partial charge on any atom is -0.392 e. The SMILES string of the molecule is CC(Br)C(=O)c1cc(CO)ccc1C#N. The standard InChI is InChI=1S/C11H10BrNO2/c1-7(12)11(15)10-4-8(6-14)2-3-9(10)5-13/h2-4,7,14H,6H2,1H3. The Morgan fingerprint density at radius 2 is 2.33 bits per heavy atom. The van der Waals surface area contributed by atoms with Gasteiger partial charge in [0.15, 0.2) is 5.78 Å². The highest BCUT2D eigenvalue weighted by atomic mass is 79.9. The molecular formula is C11H10BrNO2. The molecule has 0 bridgehead atoms. The van der Waals surface area contributed by atoms with E-state index in [0.29, 0.717) is 16.7 Å². The highest BCUT2D eigenvalue weighted by Gasteiger charge is 2.16. The Morgan fingerprint density at radius 1 is 1.67 bits per heavy atom. The minimum atomic E-state index is -0.335. The van der Waals surface area contributed by atoms with E-state index in [0.717, 1.165) is 0 Å². The number of ketones is 1. The average molecular weight is 268 g/mol. The molecule has 4 heteroatoms. The van der Waals surface area contributed by atoms with Crippen molar-refractivity contribution in [2.45, 2.75) is 18.4 Å². The number of aliphatic hydroxyl groups excluding tert-OH is 1. The van der Waals surface area contributed by atoms with Crippen LogP contribution in [0.2, 0.25) is 0 Å². The van der Waals surface area contributed by atoms with Gasteiger partial charge in [-0.2, -0.15) is 5.26 Å². The molecule has 1 unspecified atom stereocenters. The van der Waals surface area contributed by atoms with Gasteiger partial charge in [0.05, 0.1) is 23.1 Å². The second-order valence-corrected chi connectivity index (χ2v) is 4.50. The molecular weight excluding hydrogens is 258 g/mol. The quantitative estimate of drug-likeness (QED) is 0.673. The van der Waals surface area contributed by atoms with E-state index >= 15 is 0 Å². The number of hydrogen-bond donors (Lipinski definition) is 1. The molecule has 0 aliphatic carbocycles. The number of nitriles is 1. The van der Waals surface area contributed by atoms with Gasteiger partial charge in [-0.15, -0.1) is 0 Å². The number of benzene rings is 1. The molecule has 78 valence electrons. The lowest BCUT2D eigenvalue weighted by Gasteiger charge is -2.06. The summed E-state index contributed by atoms with van der Waals surface area (Å²) in [4.78, 5) is 11.4. The minimum absolute atomic E-state index is 0.136. The van der Waals surface area contributed by atoms with Gasteiger partial charge in [0.2, 0.25) is 0 Å². The molecule has 1 aromatic rings. The van der Waals surface area contributed by atoms with Crippen LogP contribution in [-0.2, 0) is 6.61 Å². The molecule has 1 aromatic carbocycles. The maximum atomic E-state index is 11.7. The van der Waals surface area contributed by atoms with Crippen LogP contribution in [0.1, 0.15) is 28.4 Å². The molecule has 0 aliphatic rings. The molecule has 1 atom stereocenters. The predicted molar refractivity (Wildman–Crippen MR) is 59.8 cm³/mol. The molecule has 0 saturated heterocycles. The van der Waals surface area contributed by atoms with Gasteiger partial charge in [-0.1, -0.05) is 22.0 Å². The molecule has 15 heavy (non-hydrogen) atoms. The Bertz CT molecular complexity index is 421. The lowest BCUT2D eigenvalue weighted by atomic mass is 10.00. The molecule has 0 aromatic heterocycles. The van der Waals surface area contributed by atoms with Crippen molar-refractivity contribution < 1.29 is 9.90 Å². The third-order valence-electron chi connectivity index (χ3n) is 2.01. The third kappa shape index (κ3) is 2.65. The first kappa shape index (κ1) is 11.9. The van der Waals surface area contributed by atoms with E-state index in [9.17, 15) is 4.79 Å². The molecule has 0 saturated carbocycles. The first-order chi connectivity index (χ1) is 7.10. The van der Waals surface area contributed by atoms with Crippen LogP contribution >= 0.6 is 15.9 Å². The maximum absolute atomic E-state index is 11.7. The summed E-state index contributed by atoms with van der Waals surface area (Å²) in [5, 5.41) is 17.8. The van der Waals surface area contributed by atoms with Crippen molar-refractivity contribution in [2.75, 3.05) is 0 Å². The summed E-state index contributed by atoms with van der Waals surface area (Å²) in [6.07, 6.45) is 0. The van der Waals surface area contributed by atoms with Crippen LogP contribution in [0.15, 0.2) is 18.2 Å². The van der Waals surface area contributed by atoms with Crippen molar-refractivity contribution in [1.29, 1.82) is 5.26 Å². The van der Waals surface area contributed by atoms with E-state index < -0.39 is 0 Å². The van der Waals surface area contributed by atoms with Crippen molar-refractivity contribution in [3.8, 4) is 6.07 Å². The molecule has 1 rings (SSSR count). The van der Waals surface area contributed by atoms with E-state index in [-0.39, 0.29) is 17.2 Å². The second-order valence-electron chi connectivity index (χ2n) is 3.13. The molecule has 0 radical (unpaired) electrons. The first-order valence-electron chi connectivity index (χ1n) is 4.42. The van der Waals surface area contributed by atoms with Gasteiger partial charge in [-0.3, -0.25) is 4.79 Å². The van der Waals surface area contributed by atoms with Gasteiger partial charge in [0.1, 0.15) is 0 Å². The van der Waals surface area contributed by atoms with Crippen LogP contribution in [0.3, 0.4) is 0 Å². The van der Waals surface area contributed by atoms with Crippen molar-refractivity contribution in [2.24, 2.45) is 0 Å². The van der Waals surface area contributed by atoms with Crippen molar-refractivity contribution in [3.63, 3.8) is 0 Å². The molecule has 0 aliphatic heterocycles. The topological polar surface area (TPSA) is 61.1 Å². The fraction of sp³-hybridized carbons (Fsp3) is 0.273. The monoisotopic (exact) mass is 267 g/mol. The summed E-state index contributed by atoms with van der Waals surface area (Å²) in [6.45, 7) is 1.57. The van der Waals surface area contributed by atoms with E-state index in [1.54, 1.807) is 25.1 Å². The largest absolute Gasteiger partial charge is 0.392 e. The van der Waals surface area contributed by atoms with Gasteiger partial charge in [0.25, 0.3) is 0 Å². The van der Waals surface area contributed by atoms with Crippen molar-refractivity contribution >= 4 is 21.7 Å². The zero-order valence-corrected chi connectivity index (χ0v) is 9.78. The lowest BCUT2D eigenvalue weighted by molar-refractivity contribution is 0.0995. The van der Waals surface area contributed by atoms with Gasteiger partial charge < -0.3 is 5.11 Å². The summed E-state index contributed by atoms with van der Waals surface area (Å²) >= 11 is 3.16. The lowest BCUT2D eigenvalue weighted by Crippen LogP contribution is -2.12. The number of aliphatic hydroxyl groups is 1. The molecule has 0 spiro atoms. The Morgan fingerprint density at radius 3 is 2.80 bits per heavy atom. The molecule has 0 amide bonds. The number of halogens is 1. The van der Waals surface area contributed by atoms with E-state index in [4.69, 9.17) is 10.4 Å². The average Bonchev–Trinajstić information content (AvgIpc) is 2.27. The zero-order valence-electron chi connectivity index (χ0n) is 8.20. The van der Waals surface area contributed by atoms with E-state index in [1.165, 1.54) is 0 Å². The van der Waals surface area contributed by atoms with Crippen LogP contribution in [0.4, 0.5) is 0 Å². The second kappa shape index (κ2) is 5.06. The Kier molecular flexibility index (Phi) is 4.01. The number of Topliss-reactive ketones (excluding diaryl/α,β-unsaturated/α-hetero) is 1. The van der Waals surface area contributed by atoms with Gasteiger partial charge in [0, 0.05) is 5.56 Å². The third-order valence-corrected chi connectivity index (χ3v) is 2.43. The van der Waals surface area contributed by atoms with Crippen molar-refractivity contribution in [3.05, 3.63) is 34.9 Å². The van der Waals surface area contributed by atoms with Gasteiger partial charge >= 0.3 is 0 Å². The number of carbonyl (C=O) groups is 1. The predicted octanol–water partition coefficient (Wildman–Crippen LogP) is 2.02. The van der Waals surface area contributed by atoms with E-state index in [2.05, 4.69) is 15.9 Å². The van der Waals surface area contributed by atoms with Crippen LogP contribution in [0, 0.1) is 11.3 Å². The highest BCUT2D eigenvalue weighted by molar-refractivity contribution is 9.10. The Balaban J connectivity index is 3.25. The van der Waals surface area contributed by atoms with Gasteiger partial charge in [-0.25, -0.2) is 0 Å². The summed E-state index contributed by atoms with van der Waals surface area (Å²) in [6, 6.07) is 6.70. The molecule has 0 heterocycles. The smallest absolute Gasteiger partial charge is 0.177 e.